The van der Waals surface area contributed by atoms with Gasteiger partial charge < -0.3 is 4.52 Å². The number of sulfonamides is 1. The highest BCUT2D eigenvalue weighted by Crippen LogP contribution is 2.23. The van der Waals surface area contributed by atoms with Crippen molar-refractivity contribution in [1.29, 1.82) is 0 Å². The van der Waals surface area contributed by atoms with Gasteiger partial charge in [0.2, 0.25) is 10.0 Å². The first-order valence-corrected chi connectivity index (χ1v) is 8.82. The van der Waals surface area contributed by atoms with Crippen LogP contribution in [0.3, 0.4) is 0 Å². The average molecular weight is 346 g/mol. The second kappa shape index (κ2) is 6.21. The molecular weight excluding hydrogens is 328 g/mol. The molecule has 0 fully saturated rings. The van der Waals surface area contributed by atoms with Crippen LogP contribution in [0, 0.1) is 13.8 Å². The number of nitrogens with zero attached hydrogens (tertiary/aromatic N) is 4. The van der Waals surface area contributed by atoms with Gasteiger partial charge in [-0.1, -0.05) is 17.3 Å². The molecule has 3 aromatic rings. The van der Waals surface area contributed by atoms with Gasteiger partial charge >= 0.3 is 0 Å². The Balaban J connectivity index is 1.81. The van der Waals surface area contributed by atoms with Crippen molar-refractivity contribution in [3.05, 3.63) is 59.7 Å². The molecule has 1 aromatic carbocycles. The fraction of sp³-hybridized carbons (Fsp3) is 0.250. The fourth-order valence-electron chi connectivity index (χ4n) is 2.52. The van der Waals surface area contributed by atoms with E-state index in [0.717, 1.165) is 11.3 Å². The van der Waals surface area contributed by atoms with Crippen molar-refractivity contribution in [2.75, 3.05) is 7.05 Å². The zero-order chi connectivity index (χ0) is 17.3. The van der Waals surface area contributed by atoms with Crippen molar-refractivity contribution in [1.82, 2.24) is 19.2 Å². The molecule has 0 aliphatic rings. The van der Waals surface area contributed by atoms with E-state index in [0.29, 0.717) is 11.5 Å². The lowest BCUT2D eigenvalue weighted by Crippen LogP contribution is -2.27. The molecule has 2 heterocycles. The second-order valence-corrected chi connectivity index (χ2v) is 7.51. The summed E-state index contributed by atoms with van der Waals surface area (Å²) in [6.45, 7) is 3.47. The highest BCUT2D eigenvalue weighted by molar-refractivity contribution is 7.89. The first-order chi connectivity index (χ1) is 11.4. The van der Waals surface area contributed by atoms with Gasteiger partial charge in [-0.15, -0.1) is 0 Å². The summed E-state index contributed by atoms with van der Waals surface area (Å²) in [5.41, 5.74) is 2.16. The predicted molar refractivity (Wildman–Crippen MR) is 88.2 cm³/mol. The predicted octanol–water partition coefficient (Wildman–Crippen LogP) is 2.30. The summed E-state index contributed by atoms with van der Waals surface area (Å²) in [5, 5.41) is 7.88. The van der Waals surface area contributed by atoms with Crippen LogP contribution in [0.2, 0.25) is 0 Å². The van der Waals surface area contributed by atoms with E-state index in [1.165, 1.54) is 4.31 Å². The first-order valence-electron chi connectivity index (χ1n) is 7.38. The van der Waals surface area contributed by atoms with Crippen molar-refractivity contribution in [2.45, 2.75) is 25.3 Å². The molecule has 24 heavy (non-hydrogen) atoms. The maximum Gasteiger partial charge on any atom is 0.248 e. The van der Waals surface area contributed by atoms with Gasteiger partial charge in [0.25, 0.3) is 0 Å². The summed E-state index contributed by atoms with van der Waals surface area (Å²) >= 11 is 0. The SMILES string of the molecule is Cc1noc(C)c1S(=O)(=O)N(C)Cc1ccc(-n2cccn2)cc1. The van der Waals surface area contributed by atoms with Gasteiger partial charge in [0.05, 0.1) is 5.69 Å². The van der Waals surface area contributed by atoms with Gasteiger partial charge in [-0.3, -0.25) is 0 Å². The molecule has 0 unspecified atom stereocenters. The van der Waals surface area contributed by atoms with Crippen LogP contribution in [0.5, 0.6) is 0 Å². The number of benzene rings is 1. The van der Waals surface area contributed by atoms with Crippen LogP contribution in [0.25, 0.3) is 5.69 Å². The van der Waals surface area contributed by atoms with E-state index in [2.05, 4.69) is 10.3 Å². The third-order valence-corrected chi connectivity index (χ3v) is 5.80. The normalized spacial score (nSPS) is 12.0. The van der Waals surface area contributed by atoms with E-state index in [-0.39, 0.29) is 11.4 Å². The van der Waals surface area contributed by atoms with Gasteiger partial charge in [0, 0.05) is 26.0 Å². The molecule has 0 saturated carbocycles. The van der Waals surface area contributed by atoms with Crippen molar-refractivity contribution < 1.29 is 12.9 Å². The van der Waals surface area contributed by atoms with Crippen LogP contribution in [-0.2, 0) is 16.6 Å². The average Bonchev–Trinajstić information content (AvgIpc) is 3.18. The van der Waals surface area contributed by atoms with Crippen LogP contribution in [-0.4, -0.2) is 34.7 Å². The van der Waals surface area contributed by atoms with Crippen molar-refractivity contribution in [2.24, 2.45) is 0 Å². The van der Waals surface area contributed by atoms with E-state index < -0.39 is 10.0 Å². The minimum atomic E-state index is -3.65. The number of aryl methyl sites for hydroxylation is 2. The standard InChI is InChI=1S/C16H18N4O3S/c1-12-16(13(2)23-18-12)24(21,22)19(3)11-14-5-7-15(8-6-14)20-10-4-9-17-20/h4-10H,11H2,1-3H3. The van der Waals surface area contributed by atoms with Crippen molar-refractivity contribution >= 4 is 10.0 Å². The summed E-state index contributed by atoms with van der Waals surface area (Å²) in [7, 11) is -2.10. The maximum absolute atomic E-state index is 12.7. The minimum absolute atomic E-state index is 0.137. The molecule has 7 nitrogen and oxygen atoms in total. The lowest BCUT2D eigenvalue weighted by atomic mass is 10.2. The summed E-state index contributed by atoms with van der Waals surface area (Å²) in [6.07, 6.45) is 3.56. The molecule has 0 saturated heterocycles. The Morgan fingerprint density at radius 2 is 1.92 bits per heavy atom. The van der Waals surface area contributed by atoms with E-state index in [4.69, 9.17) is 4.52 Å². The highest BCUT2D eigenvalue weighted by atomic mass is 32.2. The smallest absolute Gasteiger partial charge is 0.248 e. The first kappa shape index (κ1) is 16.4. The van der Waals surface area contributed by atoms with Crippen LogP contribution in [0.4, 0.5) is 0 Å². The van der Waals surface area contributed by atoms with E-state index in [1.807, 2.05) is 36.5 Å². The van der Waals surface area contributed by atoms with E-state index in [1.54, 1.807) is 31.8 Å². The van der Waals surface area contributed by atoms with Gasteiger partial charge in [-0.2, -0.15) is 9.40 Å². The Kier molecular flexibility index (Phi) is 4.25. The summed E-state index contributed by atoms with van der Waals surface area (Å²) in [5.74, 6) is 0.299. The monoisotopic (exact) mass is 346 g/mol. The minimum Gasteiger partial charge on any atom is -0.360 e. The van der Waals surface area contributed by atoms with Crippen LogP contribution >= 0.6 is 0 Å². The Labute approximate surface area is 140 Å². The number of rotatable bonds is 5. The Morgan fingerprint density at radius 3 is 2.46 bits per heavy atom. The largest absolute Gasteiger partial charge is 0.360 e. The molecular formula is C16H18N4O3S. The Morgan fingerprint density at radius 1 is 1.21 bits per heavy atom. The molecule has 0 spiro atoms. The summed E-state index contributed by atoms with van der Waals surface area (Å²) in [4.78, 5) is 0.137. The number of hydrogen-bond acceptors (Lipinski definition) is 5. The molecule has 8 heteroatoms. The number of aromatic nitrogens is 3. The van der Waals surface area contributed by atoms with Crippen LogP contribution < -0.4 is 0 Å². The lowest BCUT2D eigenvalue weighted by Gasteiger charge is -2.17. The molecule has 0 amide bonds. The van der Waals surface area contributed by atoms with Gasteiger partial charge in [0.15, 0.2) is 5.76 Å². The van der Waals surface area contributed by atoms with E-state index >= 15 is 0 Å². The number of hydrogen-bond donors (Lipinski definition) is 0. The third-order valence-electron chi connectivity index (χ3n) is 3.75. The third kappa shape index (κ3) is 2.98. The molecule has 2 aromatic heterocycles. The molecule has 3 rings (SSSR count). The quantitative estimate of drug-likeness (QED) is 0.708. The molecule has 0 atom stereocenters. The molecule has 0 aliphatic carbocycles. The Hall–Kier alpha value is -2.45. The zero-order valence-electron chi connectivity index (χ0n) is 13.7. The molecule has 0 N–H and O–H groups in total. The van der Waals surface area contributed by atoms with Crippen LogP contribution in [0.1, 0.15) is 17.0 Å². The van der Waals surface area contributed by atoms with E-state index in [9.17, 15) is 8.42 Å². The topological polar surface area (TPSA) is 81.2 Å². The van der Waals surface area contributed by atoms with Crippen molar-refractivity contribution in [3.63, 3.8) is 0 Å². The van der Waals surface area contributed by atoms with Gasteiger partial charge in [-0.25, -0.2) is 13.1 Å². The highest BCUT2D eigenvalue weighted by Gasteiger charge is 2.28. The van der Waals surface area contributed by atoms with Crippen molar-refractivity contribution in [3.8, 4) is 5.69 Å². The molecule has 126 valence electrons. The molecule has 0 radical (unpaired) electrons. The van der Waals surface area contributed by atoms with Gasteiger partial charge in [0.1, 0.15) is 10.6 Å². The maximum atomic E-state index is 12.7. The van der Waals surface area contributed by atoms with Crippen LogP contribution in [0.15, 0.2) is 52.1 Å². The van der Waals surface area contributed by atoms with Gasteiger partial charge in [-0.05, 0) is 37.6 Å². The molecule has 0 bridgehead atoms. The zero-order valence-corrected chi connectivity index (χ0v) is 14.5. The second-order valence-electron chi connectivity index (χ2n) is 5.53. The molecule has 0 aliphatic heterocycles. The summed E-state index contributed by atoms with van der Waals surface area (Å²) < 4.78 is 33.4. The lowest BCUT2D eigenvalue weighted by molar-refractivity contribution is 0.389. The fourth-order valence-corrected chi connectivity index (χ4v) is 3.96. The summed E-state index contributed by atoms with van der Waals surface area (Å²) in [6, 6.07) is 9.42. The Bertz CT molecular complexity index is 909.